The van der Waals surface area contributed by atoms with Crippen LogP contribution in [-0.2, 0) is 5.41 Å². The first-order valence-electron chi connectivity index (χ1n) is 4.03. The molecule has 4 heteroatoms. The van der Waals surface area contributed by atoms with Gasteiger partial charge in [-0.25, -0.2) is 9.78 Å². The van der Waals surface area contributed by atoms with Gasteiger partial charge in [0.1, 0.15) is 5.76 Å². The zero-order chi connectivity index (χ0) is 10.2. The number of aromatic carboxylic acids is 1. The molecule has 0 aromatic carbocycles. The summed E-state index contributed by atoms with van der Waals surface area (Å²) in [6, 6.07) is 0. The van der Waals surface area contributed by atoms with Crippen LogP contribution in [0.1, 0.15) is 42.9 Å². The summed E-state index contributed by atoms with van der Waals surface area (Å²) < 4.78 is 5.13. The Morgan fingerprint density at radius 1 is 1.46 bits per heavy atom. The number of carbonyl (C=O) groups is 1. The van der Waals surface area contributed by atoms with Crippen molar-refractivity contribution in [1.29, 1.82) is 0 Å². The molecule has 0 bridgehead atoms. The summed E-state index contributed by atoms with van der Waals surface area (Å²) in [6.07, 6.45) is 0. The fraction of sp³-hybridized carbons (Fsp3) is 0.556. The van der Waals surface area contributed by atoms with Crippen molar-refractivity contribution in [3.8, 4) is 0 Å². The molecular weight excluding hydrogens is 170 g/mol. The molecule has 0 radical (unpaired) electrons. The van der Waals surface area contributed by atoms with E-state index in [0.29, 0.717) is 11.5 Å². The van der Waals surface area contributed by atoms with E-state index < -0.39 is 5.97 Å². The van der Waals surface area contributed by atoms with Crippen LogP contribution in [0, 0.1) is 6.92 Å². The first-order valence-corrected chi connectivity index (χ1v) is 4.03. The van der Waals surface area contributed by atoms with Crippen LogP contribution < -0.4 is 0 Å². The fourth-order valence-corrected chi connectivity index (χ4v) is 1.18. The van der Waals surface area contributed by atoms with Crippen LogP contribution in [0.4, 0.5) is 0 Å². The predicted octanol–water partition coefficient (Wildman–Crippen LogP) is 1.98. The maximum Gasteiger partial charge on any atom is 0.392 e. The molecule has 0 aliphatic carbocycles. The molecule has 0 saturated carbocycles. The second-order valence-electron chi connectivity index (χ2n) is 3.99. The van der Waals surface area contributed by atoms with Crippen LogP contribution in [0.5, 0.6) is 0 Å². The van der Waals surface area contributed by atoms with Crippen LogP contribution in [0.3, 0.4) is 0 Å². The van der Waals surface area contributed by atoms with Gasteiger partial charge in [0.05, 0.1) is 5.69 Å². The number of hydrogen-bond donors (Lipinski definition) is 1. The van der Waals surface area contributed by atoms with Crippen LogP contribution in [0.25, 0.3) is 0 Å². The second kappa shape index (κ2) is 2.87. The third-order valence-electron chi connectivity index (χ3n) is 1.66. The van der Waals surface area contributed by atoms with Gasteiger partial charge in [-0.2, -0.15) is 0 Å². The minimum atomic E-state index is -1.13. The first-order chi connectivity index (χ1) is 5.82. The van der Waals surface area contributed by atoms with E-state index in [0.717, 1.165) is 0 Å². The van der Waals surface area contributed by atoms with Gasteiger partial charge in [-0.05, 0) is 6.92 Å². The smallest absolute Gasteiger partial charge is 0.392 e. The van der Waals surface area contributed by atoms with Gasteiger partial charge in [-0.15, -0.1) is 0 Å². The maximum absolute atomic E-state index is 10.5. The number of hydrogen-bond acceptors (Lipinski definition) is 3. The third-order valence-corrected chi connectivity index (χ3v) is 1.66. The van der Waals surface area contributed by atoms with E-state index in [1.54, 1.807) is 6.92 Å². The molecule has 0 amide bonds. The SMILES string of the molecule is Cc1nc(C(=O)O)oc1C(C)(C)C. The van der Waals surface area contributed by atoms with Gasteiger partial charge in [-0.1, -0.05) is 20.8 Å². The lowest BCUT2D eigenvalue weighted by Gasteiger charge is -2.14. The average Bonchev–Trinajstić information content (AvgIpc) is 2.29. The molecule has 0 saturated heterocycles. The normalized spacial score (nSPS) is 11.7. The first kappa shape index (κ1) is 9.77. The lowest BCUT2D eigenvalue weighted by Crippen LogP contribution is -2.11. The highest BCUT2D eigenvalue weighted by molar-refractivity contribution is 5.82. The summed E-state index contributed by atoms with van der Waals surface area (Å²) in [5, 5.41) is 8.63. The molecule has 1 aromatic rings. The molecule has 4 nitrogen and oxygen atoms in total. The van der Waals surface area contributed by atoms with Crippen LogP contribution in [0.2, 0.25) is 0 Å². The van der Waals surface area contributed by atoms with Crippen molar-refractivity contribution < 1.29 is 14.3 Å². The lowest BCUT2D eigenvalue weighted by atomic mass is 9.92. The maximum atomic E-state index is 10.5. The van der Waals surface area contributed by atoms with Crippen molar-refractivity contribution in [1.82, 2.24) is 4.98 Å². The Morgan fingerprint density at radius 2 is 2.00 bits per heavy atom. The summed E-state index contributed by atoms with van der Waals surface area (Å²) in [5.74, 6) is -0.731. The van der Waals surface area contributed by atoms with E-state index in [-0.39, 0.29) is 11.3 Å². The zero-order valence-electron chi connectivity index (χ0n) is 8.21. The molecule has 1 heterocycles. The summed E-state index contributed by atoms with van der Waals surface area (Å²) in [4.78, 5) is 14.3. The molecule has 0 spiro atoms. The minimum absolute atomic E-state index is 0.204. The van der Waals surface area contributed by atoms with Crippen molar-refractivity contribution >= 4 is 5.97 Å². The molecular formula is C9H13NO3. The largest absolute Gasteiger partial charge is 0.474 e. The van der Waals surface area contributed by atoms with Gasteiger partial charge in [0, 0.05) is 5.41 Å². The number of aryl methyl sites for hydroxylation is 1. The van der Waals surface area contributed by atoms with Crippen LogP contribution >= 0.6 is 0 Å². The molecule has 1 rings (SSSR count). The van der Waals surface area contributed by atoms with Crippen molar-refractivity contribution in [2.45, 2.75) is 33.1 Å². The number of rotatable bonds is 1. The number of carboxylic acid groups (broad SMARTS) is 1. The number of aromatic nitrogens is 1. The second-order valence-corrected chi connectivity index (χ2v) is 3.99. The Balaban J connectivity index is 3.18. The monoisotopic (exact) mass is 183 g/mol. The quantitative estimate of drug-likeness (QED) is 0.723. The average molecular weight is 183 g/mol. The van der Waals surface area contributed by atoms with Crippen molar-refractivity contribution in [3.05, 3.63) is 17.3 Å². The molecule has 0 aliphatic rings. The van der Waals surface area contributed by atoms with Gasteiger partial charge in [0.2, 0.25) is 0 Å². The topological polar surface area (TPSA) is 63.3 Å². The van der Waals surface area contributed by atoms with Gasteiger partial charge < -0.3 is 9.52 Å². The summed E-state index contributed by atoms with van der Waals surface area (Å²) in [5.41, 5.74) is 0.440. The lowest BCUT2D eigenvalue weighted by molar-refractivity contribution is 0.0650. The zero-order valence-corrected chi connectivity index (χ0v) is 8.21. The minimum Gasteiger partial charge on any atom is -0.474 e. The van der Waals surface area contributed by atoms with E-state index >= 15 is 0 Å². The number of carboxylic acids is 1. The Hall–Kier alpha value is -1.32. The van der Waals surface area contributed by atoms with E-state index in [1.165, 1.54) is 0 Å². The molecule has 0 aliphatic heterocycles. The van der Waals surface area contributed by atoms with Gasteiger partial charge in [-0.3, -0.25) is 0 Å². The Labute approximate surface area is 76.6 Å². The van der Waals surface area contributed by atoms with E-state index in [4.69, 9.17) is 9.52 Å². The standard InChI is InChI=1S/C9H13NO3/c1-5-6(9(2,3)4)13-7(10-5)8(11)12/h1-4H3,(H,11,12). The summed E-state index contributed by atoms with van der Waals surface area (Å²) in [6.45, 7) is 7.60. The molecule has 0 atom stereocenters. The third kappa shape index (κ3) is 1.88. The van der Waals surface area contributed by atoms with Crippen LogP contribution in [-0.4, -0.2) is 16.1 Å². The number of nitrogens with zero attached hydrogens (tertiary/aromatic N) is 1. The molecule has 13 heavy (non-hydrogen) atoms. The van der Waals surface area contributed by atoms with E-state index in [2.05, 4.69) is 4.98 Å². The molecule has 72 valence electrons. The van der Waals surface area contributed by atoms with Crippen LogP contribution in [0.15, 0.2) is 4.42 Å². The van der Waals surface area contributed by atoms with E-state index in [1.807, 2.05) is 20.8 Å². The fourth-order valence-electron chi connectivity index (χ4n) is 1.18. The highest BCUT2D eigenvalue weighted by Crippen LogP contribution is 2.26. The van der Waals surface area contributed by atoms with Crippen molar-refractivity contribution in [2.24, 2.45) is 0 Å². The van der Waals surface area contributed by atoms with Gasteiger partial charge >= 0.3 is 11.9 Å². The molecule has 1 aromatic heterocycles. The van der Waals surface area contributed by atoms with Gasteiger partial charge in [0.15, 0.2) is 0 Å². The van der Waals surface area contributed by atoms with E-state index in [9.17, 15) is 4.79 Å². The van der Waals surface area contributed by atoms with Crippen molar-refractivity contribution in [2.75, 3.05) is 0 Å². The molecule has 1 N–H and O–H groups in total. The Kier molecular flexibility index (Phi) is 2.15. The Morgan fingerprint density at radius 3 is 2.23 bits per heavy atom. The highest BCUT2D eigenvalue weighted by atomic mass is 16.4. The van der Waals surface area contributed by atoms with Crippen molar-refractivity contribution in [3.63, 3.8) is 0 Å². The predicted molar refractivity (Wildman–Crippen MR) is 46.9 cm³/mol. The summed E-state index contributed by atoms with van der Waals surface area (Å²) >= 11 is 0. The highest BCUT2D eigenvalue weighted by Gasteiger charge is 2.24. The molecule has 0 fully saturated rings. The van der Waals surface area contributed by atoms with Gasteiger partial charge in [0.25, 0.3) is 0 Å². The molecule has 0 unspecified atom stereocenters. The number of oxazole rings is 1. The summed E-state index contributed by atoms with van der Waals surface area (Å²) in [7, 11) is 0. The Bertz CT molecular complexity index is 333.